The Kier molecular flexibility index (Phi) is 2.06. The summed E-state index contributed by atoms with van der Waals surface area (Å²) in [6.45, 7) is 0. The Morgan fingerprint density at radius 2 is 2.23 bits per heavy atom. The summed E-state index contributed by atoms with van der Waals surface area (Å²) in [6.07, 6.45) is 3.41. The zero-order valence-electron chi connectivity index (χ0n) is 6.66. The van der Waals surface area contributed by atoms with Gasteiger partial charge in [0.15, 0.2) is 0 Å². The number of rotatable bonds is 1. The van der Waals surface area contributed by atoms with Crippen LogP contribution in [0.2, 0.25) is 0 Å². The molecule has 2 N–H and O–H groups in total. The zero-order chi connectivity index (χ0) is 9.26. The second-order valence-electron chi connectivity index (χ2n) is 2.65. The van der Waals surface area contributed by atoms with Gasteiger partial charge in [0.2, 0.25) is 0 Å². The summed E-state index contributed by atoms with van der Waals surface area (Å²) in [6, 6.07) is 5.37. The molecule has 0 radical (unpaired) electrons. The molecule has 1 aromatic carbocycles. The van der Waals surface area contributed by atoms with Crippen LogP contribution in [0, 0.1) is 0 Å². The van der Waals surface area contributed by atoms with Crippen molar-refractivity contribution in [2.75, 3.05) is 0 Å². The molecule has 1 aromatic heterocycles. The van der Waals surface area contributed by atoms with Gasteiger partial charge in [-0.1, -0.05) is 15.9 Å². The Hall–Kier alpha value is -1.29. The number of H-pyrrole nitrogens is 1. The highest BCUT2D eigenvalue weighted by molar-refractivity contribution is 9.10. The van der Waals surface area contributed by atoms with E-state index in [1.54, 1.807) is 18.5 Å². The molecule has 4 heteroatoms. The quantitative estimate of drug-likeness (QED) is 0.803. The molecule has 0 aliphatic carbocycles. The molecule has 66 valence electrons. The maximum atomic E-state index is 9.59. The standard InChI is InChI=1S/C9H7BrN2O/c10-7-1-2-8(9(13)3-7)6-4-11-12-5-6/h1-5,13H,(H,11,12). The molecule has 0 unspecified atom stereocenters. The molecule has 1 heterocycles. The molecular formula is C9H7BrN2O. The monoisotopic (exact) mass is 238 g/mol. The van der Waals surface area contributed by atoms with Crippen molar-refractivity contribution in [1.82, 2.24) is 10.2 Å². The average molecular weight is 239 g/mol. The third kappa shape index (κ3) is 1.58. The van der Waals surface area contributed by atoms with Gasteiger partial charge < -0.3 is 5.11 Å². The number of nitrogens with one attached hydrogen (secondary N) is 1. The lowest BCUT2D eigenvalue weighted by molar-refractivity contribution is 0.477. The number of hydrogen-bond acceptors (Lipinski definition) is 2. The minimum absolute atomic E-state index is 0.246. The smallest absolute Gasteiger partial charge is 0.124 e. The number of aromatic amines is 1. The summed E-state index contributed by atoms with van der Waals surface area (Å²) in [5.41, 5.74) is 1.65. The summed E-state index contributed by atoms with van der Waals surface area (Å²) in [5.74, 6) is 0.246. The topological polar surface area (TPSA) is 48.9 Å². The molecule has 13 heavy (non-hydrogen) atoms. The fraction of sp³-hybridized carbons (Fsp3) is 0. The van der Waals surface area contributed by atoms with Crippen molar-refractivity contribution in [2.45, 2.75) is 0 Å². The van der Waals surface area contributed by atoms with Gasteiger partial charge in [0, 0.05) is 21.8 Å². The first-order valence-corrected chi connectivity index (χ1v) is 4.54. The van der Waals surface area contributed by atoms with E-state index in [1.165, 1.54) is 0 Å². The van der Waals surface area contributed by atoms with Crippen LogP contribution < -0.4 is 0 Å². The maximum Gasteiger partial charge on any atom is 0.124 e. The van der Waals surface area contributed by atoms with E-state index in [1.807, 2.05) is 12.1 Å². The summed E-state index contributed by atoms with van der Waals surface area (Å²) >= 11 is 3.28. The van der Waals surface area contributed by atoms with Gasteiger partial charge in [0.1, 0.15) is 5.75 Å². The Labute approximate surface area is 83.5 Å². The Balaban J connectivity index is 2.53. The number of nitrogens with zero attached hydrogens (tertiary/aromatic N) is 1. The van der Waals surface area contributed by atoms with Crippen LogP contribution in [0.5, 0.6) is 5.75 Å². The highest BCUT2D eigenvalue weighted by Gasteiger charge is 2.04. The molecule has 0 spiro atoms. The number of aromatic nitrogens is 2. The molecule has 0 aliphatic heterocycles. The second-order valence-corrected chi connectivity index (χ2v) is 3.56. The number of phenolic OH excluding ortho intramolecular Hbond substituents is 1. The lowest BCUT2D eigenvalue weighted by Gasteiger charge is -2.01. The molecule has 0 aliphatic rings. The van der Waals surface area contributed by atoms with Crippen LogP contribution >= 0.6 is 15.9 Å². The zero-order valence-corrected chi connectivity index (χ0v) is 8.25. The van der Waals surface area contributed by atoms with Crippen LogP contribution in [-0.4, -0.2) is 15.3 Å². The van der Waals surface area contributed by atoms with Gasteiger partial charge >= 0.3 is 0 Å². The van der Waals surface area contributed by atoms with Gasteiger partial charge in [-0.3, -0.25) is 5.10 Å². The molecule has 2 rings (SSSR count). The summed E-state index contributed by atoms with van der Waals surface area (Å²) in [7, 11) is 0. The van der Waals surface area contributed by atoms with E-state index in [0.29, 0.717) is 0 Å². The minimum atomic E-state index is 0.246. The van der Waals surface area contributed by atoms with E-state index in [0.717, 1.165) is 15.6 Å². The van der Waals surface area contributed by atoms with Crippen LogP contribution in [0.25, 0.3) is 11.1 Å². The van der Waals surface area contributed by atoms with Crippen LogP contribution in [0.4, 0.5) is 0 Å². The molecular weight excluding hydrogens is 232 g/mol. The van der Waals surface area contributed by atoms with E-state index >= 15 is 0 Å². The number of benzene rings is 1. The van der Waals surface area contributed by atoms with Crippen molar-refractivity contribution in [2.24, 2.45) is 0 Å². The van der Waals surface area contributed by atoms with E-state index in [2.05, 4.69) is 26.1 Å². The minimum Gasteiger partial charge on any atom is -0.507 e. The molecule has 0 fully saturated rings. The van der Waals surface area contributed by atoms with E-state index in [4.69, 9.17) is 0 Å². The lowest BCUT2D eigenvalue weighted by atomic mass is 10.1. The highest BCUT2D eigenvalue weighted by atomic mass is 79.9. The van der Waals surface area contributed by atoms with Crippen molar-refractivity contribution >= 4 is 15.9 Å². The summed E-state index contributed by atoms with van der Waals surface area (Å²) in [4.78, 5) is 0. The van der Waals surface area contributed by atoms with Gasteiger partial charge in [-0.05, 0) is 18.2 Å². The van der Waals surface area contributed by atoms with Gasteiger partial charge in [0.25, 0.3) is 0 Å². The highest BCUT2D eigenvalue weighted by Crippen LogP contribution is 2.30. The lowest BCUT2D eigenvalue weighted by Crippen LogP contribution is -1.75. The van der Waals surface area contributed by atoms with Crippen molar-refractivity contribution in [3.63, 3.8) is 0 Å². The van der Waals surface area contributed by atoms with E-state index in [9.17, 15) is 5.11 Å². The maximum absolute atomic E-state index is 9.59. The SMILES string of the molecule is Oc1cc(Br)ccc1-c1cn[nH]c1. The normalized spacial score (nSPS) is 10.2. The average Bonchev–Trinajstić information content (AvgIpc) is 2.56. The summed E-state index contributed by atoms with van der Waals surface area (Å²) < 4.78 is 0.859. The fourth-order valence-corrected chi connectivity index (χ4v) is 1.50. The second kappa shape index (κ2) is 3.22. The third-order valence-corrected chi connectivity index (χ3v) is 2.26. The number of halogens is 1. The molecule has 3 nitrogen and oxygen atoms in total. The number of aromatic hydroxyl groups is 1. The number of hydrogen-bond donors (Lipinski definition) is 2. The van der Waals surface area contributed by atoms with Crippen molar-refractivity contribution in [3.8, 4) is 16.9 Å². The first-order chi connectivity index (χ1) is 6.27. The van der Waals surface area contributed by atoms with Crippen LogP contribution in [-0.2, 0) is 0 Å². The van der Waals surface area contributed by atoms with Crippen molar-refractivity contribution in [1.29, 1.82) is 0 Å². The Morgan fingerprint density at radius 1 is 1.38 bits per heavy atom. The fourth-order valence-electron chi connectivity index (χ4n) is 1.15. The molecule has 0 bridgehead atoms. The Morgan fingerprint density at radius 3 is 2.85 bits per heavy atom. The Bertz CT molecular complexity index is 412. The first kappa shape index (κ1) is 8.31. The molecule has 0 atom stereocenters. The molecule has 2 aromatic rings. The number of phenols is 1. The third-order valence-electron chi connectivity index (χ3n) is 1.77. The predicted octanol–water partition coefficient (Wildman–Crippen LogP) is 2.54. The van der Waals surface area contributed by atoms with Crippen LogP contribution in [0.15, 0.2) is 35.1 Å². The van der Waals surface area contributed by atoms with Crippen LogP contribution in [0.1, 0.15) is 0 Å². The largest absolute Gasteiger partial charge is 0.507 e. The van der Waals surface area contributed by atoms with E-state index < -0.39 is 0 Å². The predicted molar refractivity (Wildman–Crippen MR) is 53.4 cm³/mol. The molecule has 0 saturated carbocycles. The van der Waals surface area contributed by atoms with Gasteiger partial charge in [0.05, 0.1) is 6.20 Å². The molecule has 0 amide bonds. The van der Waals surface area contributed by atoms with Crippen molar-refractivity contribution in [3.05, 3.63) is 35.1 Å². The van der Waals surface area contributed by atoms with Crippen molar-refractivity contribution < 1.29 is 5.11 Å². The first-order valence-electron chi connectivity index (χ1n) is 3.75. The van der Waals surface area contributed by atoms with Crippen LogP contribution in [0.3, 0.4) is 0 Å². The van der Waals surface area contributed by atoms with Gasteiger partial charge in [-0.25, -0.2) is 0 Å². The van der Waals surface area contributed by atoms with Gasteiger partial charge in [-0.15, -0.1) is 0 Å². The molecule has 0 saturated heterocycles. The summed E-state index contributed by atoms with van der Waals surface area (Å²) in [5, 5.41) is 16.1. The van der Waals surface area contributed by atoms with E-state index in [-0.39, 0.29) is 5.75 Å². The van der Waals surface area contributed by atoms with Gasteiger partial charge in [-0.2, -0.15) is 5.10 Å².